The van der Waals surface area contributed by atoms with Gasteiger partial charge in [-0.05, 0) is 42.9 Å². The Labute approximate surface area is 124 Å². The van der Waals surface area contributed by atoms with Gasteiger partial charge in [-0.15, -0.1) is 0 Å². The van der Waals surface area contributed by atoms with Crippen molar-refractivity contribution in [2.75, 3.05) is 19.8 Å². The summed E-state index contributed by atoms with van der Waals surface area (Å²) in [7, 11) is 0. The molecule has 1 spiro atoms. The molecule has 0 aromatic heterocycles. The van der Waals surface area contributed by atoms with Crippen LogP contribution in [0, 0.1) is 11.7 Å². The molecule has 4 nitrogen and oxygen atoms in total. The van der Waals surface area contributed by atoms with E-state index < -0.39 is 0 Å². The second kappa shape index (κ2) is 6.40. The average molecular weight is 294 g/mol. The van der Waals surface area contributed by atoms with Gasteiger partial charge in [-0.2, -0.15) is 0 Å². The van der Waals surface area contributed by atoms with Crippen LogP contribution in [0.25, 0.3) is 0 Å². The van der Waals surface area contributed by atoms with Gasteiger partial charge in [0.05, 0.1) is 12.2 Å². The first-order valence-corrected chi connectivity index (χ1v) is 7.63. The van der Waals surface area contributed by atoms with Gasteiger partial charge in [0.25, 0.3) is 0 Å². The predicted molar refractivity (Wildman–Crippen MR) is 78.1 cm³/mol. The minimum Gasteiger partial charge on any atom is -0.378 e. The Morgan fingerprint density at radius 2 is 2.14 bits per heavy atom. The van der Waals surface area contributed by atoms with Gasteiger partial charge in [-0.1, -0.05) is 12.1 Å². The average Bonchev–Trinajstić information content (AvgIpc) is 2.94. The van der Waals surface area contributed by atoms with Crippen LogP contribution in [0.4, 0.5) is 4.39 Å². The van der Waals surface area contributed by atoms with Crippen LogP contribution < -0.4 is 11.3 Å². The summed E-state index contributed by atoms with van der Waals surface area (Å²) in [5, 5.41) is 0. The van der Waals surface area contributed by atoms with Crippen molar-refractivity contribution in [3.05, 3.63) is 35.6 Å². The van der Waals surface area contributed by atoms with E-state index in [-0.39, 0.29) is 17.5 Å². The van der Waals surface area contributed by atoms with Crippen LogP contribution in [0.5, 0.6) is 0 Å². The van der Waals surface area contributed by atoms with Crippen molar-refractivity contribution in [1.82, 2.24) is 5.43 Å². The fourth-order valence-corrected chi connectivity index (χ4v) is 3.51. The quantitative estimate of drug-likeness (QED) is 0.656. The van der Waals surface area contributed by atoms with Crippen molar-refractivity contribution in [3.63, 3.8) is 0 Å². The Bertz CT molecular complexity index is 460. The third-order valence-corrected chi connectivity index (χ3v) is 4.75. The molecule has 0 aliphatic carbocycles. The number of rotatable bonds is 4. The number of hydrogen-bond donors (Lipinski definition) is 2. The molecule has 5 heteroatoms. The van der Waals surface area contributed by atoms with E-state index in [1.807, 2.05) is 12.1 Å². The molecule has 3 N–H and O–H groups in total. The third kappa shape index (κ3) is 3.43. The highest BCUT2D eigenvalue weighted by molar-refractivity contribution is 5.17. The first-order valence-electron chi connectivity index (χ1n) is 7.63. The number of hydrazine groups is 1. The van der Waals surface area contributed by atoms with E-state index >= 15 is 0 Å². The summed E-state index contributed by atoms with van der Waals surface area (Å²) in [5.74, 6) is 6.02. The summed E-state index contributed by atoms with van der Waals surface area (Å²) in [4.78, 5) is 0. The molecule has 0 radical (unpaired) electrons. The molecular formula is C16H23FN2O2. The van der Waals surface area contributed by atoms with Crippen molar-refractivity contribution < 1.29 is 13.9 Å². The minimum atomic E-state index is -0.205. The topological polar surface area (TPSA) is 56.5 Å². The first kappa shape index (κ1) is 14.9. The van der Waals surface area contributed by atoms with Gasteiger partial charge in [0.15, 0.2) is 0 Å². The zero-order chi connectivity index (χ0) is 14.7. The van der Waals surface area contributed by atoms with Crippen LogP contribution in [0.1, 0.15) is 24.8 Å². The number of benzene rings is 1. The van der Waals surface area contributed by atoms with E-state index in [2.05, 4.69) is 5.43 Å². The van der Waals surface area contributed by atoms with Crippen molar-refractivity contribution in [2.45, 2.75) is 37.3 Å². The number of ether oxygens (including phenoxy) is 2. The Hall–Kier alpha value is -1.01. The molecule has 0 saturated carbocycles. The van der Waals surface area contributed by atoms with Gasteiger partial charge in [-0.25, -0.2) is 4.39 Å². The second-order valence-electron chi connectivity index (χ2n) is 6.19. The summed E-state index contributed by atoms with van der Waals surface area (Å²) >= 11 is 0. The Morgan fingerprint density at radius 3 is 2.81 bits per heavy atom. The maximum atomic E-state index is 13.0. The molecule has 3 unspecified atom stereocenters. The normalized spacial score (nSPS) is 30.7. The molecule has 116 valence electrons. The lowest BCUT2D eigenvalue weighted by atomic mass is 9.79. The van der Waals surface area contributed by atoms with Crippen LogP contribution >= 0.6 is 0 Å². The fraction of sp³-hybridized carbons (Fsp3) is 0.625. The van der Waals surface area contributed by atoms with Crippen LogP contribution in [0.3, 0.4) is 0 Å². The van der Waals surface area contributed by atoms with Crippen LogP contribution in [-0.4, -0.2) is 31.5 Å². The SMILES string of the molecule is NNC(Cc1ccc(F)cc1)C1CCOC2(CCOC2)C1. The minimum absolute atomic E-state index is 0.110. The Balaban J connectivity index is 1.66. The highest BCUT2D eigenvalue weighted by Gasteiger charge is 2.42. The Kier molecular flexibility index (Phi) is 4.54. The van der Waals surface area contributed by atoms with E-state index in [9.17, 15) is 4.39 Å². The zero-order valence-corrected chi connectivity index (χ0v) is 12.2. The summed E-state index contributed by atoms with van der Waals surface area (Å²) < 4.78 is 24.5. The number of hydrogen-bond acceptors (Lipinski definition) is 4. The smallest absolute Gasteiger partial charge is 0.123 e. The number of nitrogens with two attached hydrogens (primary N) is 1. The lowest BCUT2D eigenvalue weighted by molar-refractivity contribution is -0.103. The molecular weight excluding hydrogens is 271 g/mol. The fourth-order valence-electron chi connectivity index (χ4n) is 3.51. The maximum absolute atomic E-state index is 13.0. The second-order valence-corrected chi connectivity index (χ2v) is 6.19. The summed E-state index contributed by atoms with van der Waals surface area (Å²) in [6.07, 6.45) is 3.75. The highest BCUT2D eigenvalue weighted by atomic mass is 19.1. The van der Waals surface area contributed by atoms with Gasteiger partial charge < -0.3 is 9.47 Å². The van der Waals surface area contributed by atoms with Crippen molar-refractivity contribution in [2.24, 2.45) is 11.8 Å². The molecule has 0 amide bonds. The molecule has 1 aromatic carbocycles. The molecule has 2 aliphatic heterocycles. The maximum Gasteiger partial charge on any atom is 0.123 e. The predicted octanol–water partition coefficient (Wildman–Crippen LogP) is 1.79. The van der Waals surface area contributed by atoms with Gasteiger partial charge in [-0.3, -0.25) is 11.3 Å². The van der Waals surface area contributed by atoms with Crippen molar-refractivity contribution >= 4 is 0 Å². The summed E-state index contributed by atoms with van der Waals surface area (Å²) in [6.45, 7) is 2.23. The van der Waals surface area contributed by atoms with E-state index in [4.69, 9.17) is 15.3 Å². The third-order valence-electron chi connectivity index (χ3n) is 4.75. The zero-order valence-electron chi connectivity index (χ0n) is 12.2. The van der Waals surface area contributed by atoms with Crippen molar-refractivity contribution in [3.8, 4) is 0 Å². The van der Waals surface area contributed by atoms with Gasteiger partial charge in [0.1, 0.15) is 5.82 Å². The van der Waals surface area contributed by atoms with E-state index in [0.717, 1.165) is 44.5 Å². The van der Waals surface area contributed by atoms with E-state index in [1.54, 1.807) is 0 Å². The van der Waals surface area contributed by atoms with Gasteiger partial charge in [0.2, 0.25) is 0 Å². The molecule has 2 aliphatic rings. The van der Waals surface area contributed by atoms with Crippen LogP contribution in [-0.2, 0) is 15.9 Å². The first-order chi connectivity index (χ1) is 10.2. The molecule has 2 heterocycles. The van der Waals surface area contributed by atoms with E-state index in [1.165, 1.54) is 12.1 Å². The largest absolute Gasteiger partial charge is 0.378 e. The standard InChI is InChI=1S/C16H23FN2O2/c17-14-3-1-12(2-4-14)9-15(19-18)13-5-7-21-16(10-13)6-8-20-11-16/h1-4,13,15,19H,5-11,18H2. The molecule has 3 atom stereocenters. The molecule has 3 rings (SSSR count). The molecule has 2 saturated heterocycles. The molecule has 21 heavy (non-hydrogen) atoms. The molecule has 0 bridgehead atoms. The van der Waals surface area contributed by atoms with Crippen molar-refractivity contribution in [1.29, 1.82) is 0 Å². The summed E-state index contributed by atoms with van der Waals surface area (Å²) in [6, 6.07) is 6.83. The number of nitrogens with one attached hydrogen (secondary N) is 1. The lowest BCUT2D eigenvalue weighted by Crippen LogP contribution is -2.50. The Morgan fingerprint density at radius 1 is 1.33 bits per heavy atom. The van der Waals surface area contributed by atoms with Crippen LogP contribution in [0.2, 0.25) is 0 Å². The molecule has 1 aromatic rings. The van der Waals surface area contributed by atoms with Crippen LogP contribution in [0.15, 0.2) is 24.3 Å². The lowest BCUT2D eigenvalue weighted by Gasteiger charge is -2.40. The van der Waals surface area contributed by atoms with Gasteiger partial charge >= 0.3 is 0 Å². The monoisotopic (exact) mass is 294 g/mol. The summed E-state index contributed by atoms with van der Waals surface area (Å²) in [5.41, 5.74) is 3.94. The highest BCUT2D eigenvalue weighted by Crippen LogP contribution is 2.37. The number of halogens is 1. The van der Waals surface area contributed by atoms with Gasteiger partial charge in [0, 0.05) is 25.7 Å². The van der Waals surface area contributed by atoms with E-state index in [0.29, 0.717) is 12.5 Å². The molecule has 2 fully saturated rings.